The van der Waals surface area contributed by atoms with Crippen molar-refractivity contribution in [2.24, 2.45) is 5.73 Å². The maximum Gasteiger partial charge on any atom is 0.127 e. The molecule has 0 spiro atoms. The molecule has 0 saturated heterocycles. The molecule has 1 atom stereocenters. The maximum absolute atomic E-state index is 6.03. The first-order chi connectivity index (χ1) is 7.34. The molecule has 1 aliphatic rings. The van der Waals surface area contributed by atoms with Crippen LogP contribution in [0.3, 0.4) is 0 Å². The molecule has 2 aromatic rings. The van der Waals surface area contributed by atoms with Crippen molar-refractivity contribution in [1.82, 2.24) is 4.98 Å². The molecule has 2 N–H and O–H groups in total. The van der Waals surface area contributed by atoms with Gasteiger partial charge in [0.25, 0.3) is 0 Å². The van der Waals surface area contributed by atoms with Gasteiger partial charge in [0.05, 0.1) is 12.0 Å². The number of aryl methyl sites for hydroxylation is 1. The monoisotopic (exact) mass is 220 g/mol. The first-order valence-corrected chi connectivity index (χ1v) is 5.94. The van der Waals surface area contributed by atoms with E-state index in [4.69, 9.17) is 10.2 Å². The zero-order chi connectivity index (χ0) is 10.3. The lowest BCUT2D eigenvalue weighted by atomic mass is 9.99. The summed E-state index contributed by atoms with van der Waals surface area (Å²) in [5.41, 5.74) is 8.19. The van der Waals surface area contributed by atoms with Crippen LogP contribution in [-0.4, -0.2) is 4.98 Å². The Kier molecular flexibility index (Phi) is 2.11. The summed E-state index contributed by atoms with van der Waals surface area (Å²) in [4.78, 5) is 5.96. The molecule has 3 rings (SSSR count). The first-order valence-electron chi connectivity index (χ1n) is 5.12. The third kappa shape index (κ3) is 1.50. The summed E-state index contributed by atoms with van der Waals surface area (Å²) in [5.74, 6) is 0. The van der Waals surface area contributed by atoms with Crippen LogP contribution in [-0.2, 0) is 6.42 Å². The van der Waals surface area contributed by atoms with Crippen molar-refractivity contribution in [1.29, 1.82) is 0 Å². The Balaban J connectivity index is 2.06. The molecule has 3 nitrogen and oxygen atoms in total. The van der Waals surface area contributed by atoms with E-state index in [2.05, 4.69) is 4.98 Å². The summed E-state index contributed by atoms with van der Waals surface area (Å²) in [6, 6.07) is 2.07. The molecule has 0 fully saturated rings. The zero-order valence-electron chi connectivity index (χ0n) is 8.27. The summed E-state index contributed by atoms with van der Waals surface area (Å²) in [7, 11) is 0. The maximum atomic E-state index is 6.03. The highest BCUT2D eigenvalue weighted by Crippen LogP contribution is 2.35. The largest absolute Gasteiger partial charge is 0.472 e. The molecule has 2 aromatic heterocycles. The topological polar surface area (TPSA) is 52.0 Å². The number of nitrogens with two attached hydrogens (primary N) is 1. The average molecular weight is 220 g/mol. The lowest BCUT2D eigenvalue weighted by Crippen LogP contribution is -2.16. The highest BCUT2D eigenvalue weighted by molar-refractivity contribution is 7.15. The fraction of sp³-hybridized carbons (Fsp3) is 0.364. The van der Waals surface area contributed by atoms with Crippen LogP contribution in [0.15, 0.2) is 23.0 Å². The lowest BCUT2D eigenvalue weighted by molar-refractivity contribution is 0.563. The van der Waals surface area contributed by atoms with E-state index in [0.29, 0.717) is 0 Å². The van der Waals surface area contributed by atoms with Gasteiger partial charge in [0.1, 0.15) is 11.3 Å². The average Bonchev–Trinajstić information content (AvgIpc) is 2.86. The number of rotatable bonds is 1. The van der Waals surface area contributed by atoms with Gasteiger partial charge in [0, 0.05) is 16.5 Å². The zero-order valence-corrected chi connectivity index (χ0v) is 9.09. The standard InChI is InChI=1S/C11H12N2OS/c12-8-2-1-3-9-10(8)13-11(15-9)7-4-5-14-6-7/h4-6,8H,1-3,12H2. The Morgan fingerprint density at radius 1 is 1.53 bits per heavy atom. The number of nitrogens with zero attached hydrogens (tertiary/aromatic N) is 1. The van der Waals surface area contributed by atoms with Gasteiger partial charge in [-0.05, 0) is 25.3 Å². The van der Waals surface area contributed by atoms with Crippen LogP contribution in [0, 0.1) is 0 Å². The highest BCUT2D eigenvalue weighted by atomic mass is 32.1. The van der Waals surface area contributed by atoms with Gasteiger partial charge in [-0.2, -0.15) is 0 Å². The summed E-state index contributed by atoms with van der Waals surface area (Å²) < 4.78 is 5.06. The molecular formula is C11H12N2OS. The highest BCUT2D eigenvalue weighted by Gasteiger charge is 2.22. The Morgan fingerprint density at radius 2 is 2.47 bits per heavy atom. The molecule has 1 aliphatic carbocycles. The third-order valence-electron chi connectivity index (χ3n) is 2.77. The van der Waals surface area contributed by atoms with Gasteiger partial charge in [0.2, 0.25) is 0 Å². The quantitative estimate of drug-likeness (QED) is 0.804. The normalized spacial score (nSPS) is 20.2. The number of hydrogen-bond acceptors (Lipinski definition) is 4. The molecule has 78 valence electrons. The van der Waals surface area contributed by atoms with Gasteiger partial charge in [-0.15, -0.1) is 11.3 Å². The number of fused-ring (bicyclic) bond motifs is 1. The van der Waals surface area contributed by atoms with Crippen LogP contribution in [0.5, 0.6) is 0 Å². The Hall–Kier alpha value is -1.13. The number of aromatic nitrogens is 1. The Bertz CT molecular complexity index is 461. The minimum atomic E-state index is 0.130. The van der Waals surface area contributed by atoms with Crippen molar-refractivity contribution in [3.8, 4) is 10.6 Å². The third-order valence-corrected chi connectivity index (χ3v) is 3.95. The fourth-order valence-electron chi connectivity index (χ4n) is 1.96. The van der Waals surface area contributed by atoms with E-state index >= 15 is 0 Å². The van der Waals surface area contributed by atoms with E-state index in [9.17, 15) is 0 Å². The molecule has 0 radical (unpaired) electrons. The SMILES string of the molecule is NC1CCCc2sc(-c3ccoc3)nc21. The summed E-state index contributed by atoms with van der Waals surface area (Å²) in [5, 5.41) is 1.03. The summed E-state index contributed by atoms with van der Waals surface area (Å²) >= 11 is 1.75. The van der Waals surface area contributed by atoms with E-state index < -0.39 is 0 Å². The smallest absolute Gasteiger partial charge is 0.127 e. The molecule has 2 heterocycles. The number of furan rings is 1. The second-order valence-electron chi connectivity index (χ2n) is 3.84. The van der Waals surface area contributed by atoms with Crippen LogP contribution in [0.25, 0.3) is 10.6 Å². The summed E-state index contributed by atoms with van der Waals surface area (Å²) in [6.07, 6.45) is 6.77. The van der Waals surface area contributed by atoms with E-state index in [1.807, 2.05) is 6.07 Å². The van der Waals surface area contributed by atoms with Crippen LogP contribution < -0.4 is 5.73 Å². The lowest BCUT2D eigenvalue weighted by Gasteiger charge is -2.15. The van der Waals surface area contributed by atoms with Crippen LogP contribution in [0.4, 0.5) is 0 Å². The van der Waals surface area contributed by atoms with Gasteiger partial charge < -0.3 is 10.2 Å². The molecule has 0 aromatic carbocycles. The Morgan fingerprint density at radius 3 is 3.20 bits per heavy atom. The fourth-order valence-corrected chi connectivity index (χ4v) is 3.12. The van der Waals surface area contributed by atoms with Gasteiger partial charge in [0.15, 0.2) is 0 Å². The van der Waals surface area contributed by atoms with Gasteiger partial charge in [-0.3, -0.25) is 0 Å². The van der Waals surface area contributed by atoms with Crippen molar-refractivity contribution >= 4 is 11.3 Å². The van der Waals surface area contributed by atoms with Gasteiger partial charge >= 0.3 is 0 Å². The predicted molar refractivity (Wildman–Crippen MR) is 59.7 cm³/mol. The minimum absolute atomic E-state index is 0.130. The number of hydrogen-bond donors (Lipinski definition) is 1. The van der Waals surface area contributed by atoms with Crippen molar-refractivity contribution in [2.45, 2.75) is 25.3 Å². The summed E-state index contributed by atoms with van der Waals surface area (Å²) in [6.45, 7) is 0. The first kappa shape index (κ1) is 9.12. The molecule has 4 heteroatoms. The molecule has 1 unspecified atom stereocenters. The molecule has 0 amide bonds. The van der Waals surface area contributed by atoms with Crippen molar-refractivity contribution in [2.75, 3.05) is 0 Å². The van der Waals surface area contributed by atoms with Gasteiger partial charge in [-0.25, -0.2) is 4.98 Å². The van der Waals surface area contributed by atoms with E-state index in [1.165, 1.54) is 11.3 Å². The van der Waals surface area contributed by atoms with E-state index in [-0.39, 0.29) is 6.04 Å². The molecular weight excluding hydrogens is 208 g/mol. The second-order valence-corrected chi connectivity index (χ2v) is 4.92. The van der Waals surface area contributed by atoms with Crippen LogP contribution in [0.2, 0.25) is 0 Å². The predicted octanol–water partition coefficient (Wildman–Crippen LogP) is 2.74. The molecule has 15 heavy (non-hydrogen) atoms. The van der Waals surface area contributed by atoms with Crippen molar-refractivity contribution in [3.05, 3.63) is 29.2 Å². The van der Waals surface area contributed by atoms with Gasteiger partial charge in [-0.1, -0.05) is 0 Å². The van der Waals surface area contributed by atoms with Crippen LogP contribution in [0.1, 0.15) is 29.5 Å². The van der Waals surface area contributed by atoms with Crippen LogP contribution >= 0.6 is 11.3 Å². The minimum Gasteiger partial charge on any atom is -0.472 e. The second kappa shape index (κ2) is 3.47. The Labute approximate surface area is 91.9 Å². The molecule has 0 saturated carbocycles. The molecule has 0 aliphatic heterocycles. The molecule has 0 bridgehead atoms. The van der Waals surface area contributed by atoms with Crippen molar-refractivity contribution < 1.29 is 4.42 Å². The van der Waals surface area contributed by atoms with E-state index in [0.717, 1.165) is 29.1 Å². The van der Waals surface area contributed by atoms with E-state index in [1.54, 1.807) is 23.9 Å². The van der Waals surface area contributed by atoms with Crippen molar-refractivity contribution in [3.63, 3.8) is 0 Å². The number of thiazole rings is 1.